The van der Waals surface area contributed by atoms with Gasteiger partial charge in [0.15, 0.2) is 12.6 Å². The Morgan fingerprint density at radius 1 is 0.732 bits per heavy atom. The van der Waals surface area contributed by atoms with E-state index in [4.69, 9.17) is 33.2 Å². The van der Waals surface area contributed by atoms with Crippen LogP contribution in [0, 0.1) is 0 Å². The molecular formula is C32H54N2O22. The molecule has 4 fully saturated rings. The Kier molecular flexibility index (Phi) is 15.9. The lowest BCUT2D eigenvalue weighted by atomic mass is 9.88. The Balaban J connectivity index is 1.61. The summed E-state index contributed by atoms with van der Waals surface area (Å²) in [7, 11) is 0. The fraction of sp³-hybridized carbons (Fsp3) is 0.906. The second-order valence-corrected chi connectivity index (χ2v) is 14.4. The van der Waals surface area contributed by atoms with Crippen molar-refractivity contribution in [3.63, 3.8) is 0 Å². The normalized spacial score (nSPS) is 45.7. The molecule has 4 rings (SSSR count). The molecule has 4 saturated heterocycles. The predicted octanol–water partition coefficient (Wildman–Crippen LogP) is -8.16. The molecule has 0 aromatic heterocycles. The van der Waals surface area contributed by atoms with Crippen LogP contribution in [0.1, 0.15) is 34.1 Å². The number of carbonyl (C=O) groups is 3. The summed E-state index contributed by atoms with van der Waals surface area (Å²) < 4.78 is 40.4. The number of rotatable bonds is 14. The highest BCUT2D eigenvalue weighted by Crippen LogP contribution is 2.36. The van der Waals surface area contributed by atoms with Gasteiger partial charge in [-0.3, -0.25) is 9.59 Å². The van der Waals surface area contributed by atoms with Crippen molar-refractivity contribution in [3.05, 3.63) is 0 Å². The van der Waals surface area contributed by atoms with E-state index in [1.807, 2.05) is 0 Å². The third kappa shape index (κ3) is 9.92. The number of carboxylic acid groups (broad SMARTS) is 1. The number of aliphatic hydroxyl groups excluding tert-OH is 11. The van der Waals surface area contributed by atoms with Gasteiger partial charge in [0.2, 0.25) is 11.8 Å². The van der Waals surface area contributed by atoms with Gasteiger partial charge in [-0.15, -0.1) is 0 Å². The van der Waals surface area contributed by atoms with Crippen molar-refractivity contribution in [2.24, 2.45) is 0 Å². The number of amides is 2. The Morgan fingerprint density at radius 2 is 1.29 bits per heavy atom. The Morgan fingerprint density at radius 3 is 1.84 bits per heavy atom. The molecule has 4 aliphatic rings. The summed E-state index contributed by atoms with van der Waals surface area (Å²) in [6, 6.07) is -2.66. The zero-order valence-corrected chi connectivity index (χ0v) is 30.8. The number of ether oxygens (including phenoxy) is 7. The van der Waals surface area contributed by atoms with E-state index < -0.39 is 172 Å². The maximum Gasteiger partial charge on any atom is 0.364 e. The maximum absolute atomic E-state index is 12.6. The van der Waals surface area contributed by atoms with Gasteiger partial charge in [-0.1, -0.05) is 0 Å². The first-order valence-corrected chi connectivity index (χ1v) is 17.9. The standard InChI is InChI=1S/C32H54N2O22/c1-9-17(33-11(3)37)28(55-29-24(46)22(44)19(41)10(2)52-29)26(15(7-36)51-9)54-30-25(47)23(45)21(43)16(53-30)8-50-32(31(48)49)5-13(39)18(34-12(4)38)27(56-32)20(42)14(40)6-35/h9-10,13-30,35-36,39-47H,5-8H2,1-4H3,(H,33,37)(H,34,38)(H,48,49)/t9?,10?,13-,14-,15?,16?,17?,18-,19-,20-,21+,22+,23+,24?,25?,26-,27?,28-,29+,30+,32-/m1/s1. The highest BCUT2D eigenvalue weighted by Gasteiger charge is 2.58. The molecule has 0 spiro atoms. The second-order valence-electron chi connectivity index (χ2n) is 14.4. The van der Waals surface area contributed by atoms with Gasteiger partial charge in [0, 0.05) is 20.3 Å². The van der Waals surface area contributed by atoms with Crippen LogP contribution in [0.5, 0.6) is 0 Å². The van der Waals surface area contributed by atoms with E-state index in [1.54, 1.807) is 0 Å². The van der Waals surface area contributed by atoms with Crippen LogP contribution in [0.25, 0.3) is 0 Å². The molecule has 8 unspecified atom stereocenters. The minimum atomic E-state index is -2.88. The van der Waals surface area contributed by atoms with Gasteiger partial charge in [0.25, 0.3) is 5.79 Å². The molecule has 0 aromatic carbocycles. The summed E-state index contributed by atoms with van der Waals surface area (Å²) in [5, 5.41) is 131. The minimum absolute atomic E-state index is 0.592. The topological polar surface area (TPSA) is 383 Å². The fourth-order valence-corrected chi connectivity index (χ4v) is 7.13. The first kappa shape index (κ1) is 46.4. The Labute approximate surface area is 319 Å². The van der Waals surface area contributed by atoms with Crippen molar-refractivity contribution in [1.29, 1.82) is 0 Å². The van der Waals surface area contributed by atoms with Crippen molar-refractivity contribution in [3.8, 4) is 0 Å². The van der Waals surface area contributed by atoms with Gasteiger partial charge >= 0.3 is 5.97 Å². The minimum Gasteiger partial charge on any atom is -0.477 e. The van der Waals surface area contributed by atoms with E-state index >= 15 is 0 Å². The highest BCUT2D eigenvalue weighted by molar-refractivity contribution is 5.76. The fourth-order valence-electron chi connectivity index (χ4n) is 7.13. The smallest absolute Gasteiger partial charge is 0.364 e. The Bertz CT molecular complexity index is 1330. The average Bonchev–Trinajstić information content (AvgIpc) is 3.14. The molecule has 14 N–H and O–H groups in total. The molecule has 2 amide bonds. The number of aliphatic hydroxyl groups is 11. The van der Waals surface area contributed by atoms with Gasteiger partial charge < -0.3 is 105 Å². The summed E-state index contributed by atoms with van der Waals surface area (Å²) in [4.78, 5) is 36.8. The van der Waals surface area contributed by atoms with Crippen molar-refractivity contribution in [1.82, 2.24) is 10.6 Å². The molecule has 56 heavy (non-hydrogen) atoms. The molecule has 0 saturated carbocycles. The van der Waals surface area contributed by atoms with Gasteiger partial charge in [0.05, 0.1) is 50.2 Å². The van der Waals surface area contributed by atoms with Crippen LogP contribution >= 0.6 is 0 Å². The number of hydrogen-bond acceptors (Lipinski definition) is 21. The molecular weight excluding hydrogens is 764 g/mol. The van der Waals surface area contributed by atoms with Crippen molar-refractivity contribution in [2.45, 2.75) is 162 Å². The van der Waals surface area contributed by atoms with Crippen LogP contribution in [0.4, 0.5) is 0 Å². The third-order valence-electron chi connectivity index (χ3n) is 10.2. The SMILES string of the molecule is CC(=O)NC1C(C)OC(CO)[C@@H](O[C@@H]2OC(CO[C@]3(C(=O)O)C[C@@H](O)[C@@H](NC(C)=O)C([C@H](O)[C@H](O)CO)O3)[C@H](O)[C@H](O)C2O)[C@@H]1O[C@@H]1OC(C)[C@@H](O)[C@H](O)C1O. The molecule has 0 bridgehead atoms. The van der Waals surface area contributed by atoms with Crippen molar-refractivity contribution >= 4 is 17.8 Å². The summed E-state index contributed by atoms with van der Waals surface area (Å²) in [5.74, 6) is -6.11. The van der Waals surface area contributed by atoms with Crippen LogP contribution in [-0.4, -0.2) is 227 Å². The molecule has 21 atom stereocenters. The van der Waals surface area contributed by atoms with E-state index in [2.05, 4.69) is 10.6 Å². The lowest BCUT2D eigenvalue weighted by molar-refractivity contribution is -0.367. The molecule has 0 aromatic rings. The molecule has 4 aliphatic heterocycles. The van der Waals surface area contributed by atoms with Gasteiger partial charge in [-0.2, -0.15) is 0 Å². The van der Waals surface area contributed by atoms with Crippen LogP contribution in [0.15, 0.2) is 0 Å². The van der Waals surface area contributed by atoms with Crippen LogP contribution in [0.3, 0.4) is 0 Å². The second kappa shape index (κ2) is 19.2. The van der Waals surface area contributed by atoms with Crippen LogP contribution in [-0.2, 0) is 47.5 Å². The Hall–Kier alpha value is -2.31. The van der Waals surface area contributed by atoms with Crippen LogP contribution < -0.4 is 10.6 Å². The monoisotopic (exact) mass is 818 g/mol. The van der Waals surface area contributed by atoms with Gasteiger partial charge in [-0.25, -0.2) is 4.79 Å². The zero-order chi connectivity index (χ0) is 42.0. The van der Waals surface area contributed by atoms with Gasteiger partial charge in [0.1, 0.15) is 79.4 Å². The lowest BCUT2D eigenvalue weighted by Gasteiger charge is -2.50. The molecule has 0 aliphatic carbocycles. The molecule has 24 nitrogen and oxygen atoms in total. The summed E-state index contributed by atoms with van der Waals surface area (Å²) in [6.07, 6.45) is -31.8. The van der Waals surface area contributed by atoms with E-state index in [0.717, 1.165) is 6.92 Å². The lowest BCUT2D eigenvalue weighted by Crippen LogP contribution is -2.69. The van der Waals surface area contributed by atoms with Gasteiger partial charge in [-0.05, 0) is 13.8 Å². The third-order valence-corrected chi connectivity index (χ3v) is 10.2. The summed E-state index contributed by atoms with van der Waals surface area (Å²) in [6.45, 7) is 2.28. The van der Waals surface area contributed by atoms with Crippen LogP contribution in [0.2, 0.25) is 0 Å². The van der Waals surface area contributed by atoms with E-state index in [0.29, 0.717) is 0 Å². The van der Waals surface area contributed by atoms with Crippen molar-refractivity contribution in [2.75, 3.05) is 19.8 Å². The maximum atomic E-state index is 12.6. The molecule has 324 valence electrons. The number of hydrogen-bond donors (Lipinski definition) is 14. The first-order valence-electron chi connectivity index (χ1n) is 17.9. The quantitative estimate of drug-likeness (QED) is 0.0774. The van der Waals surface area contributed by atoms with E-state index in [-0.39, 0.29) is 0 Å². The van der Waals surface area contributed by atoms with E-state index in [9.17, 15) is 75.7 Å². The average molecular weight is 819 g/mol. The highest BCUT2D eigenvalue weighted by atomic mass is 16.8. The molecule has 0 radical (unpaired) electrons. The number of carboxylic acids is 1. The number of nitrogens with one attached hydrogen (secondary N) is 2. The molecule has 24 heteroatoms. The first-order chi connectivity index (χ1) is 26.2. The summed E-state index contributed by atoms with van der Waals surface area (Å²) in [5.41, 5.74) is 0. The largest absolute Gasteiger partial charge is 0.477 e. The number of aliphatic carboxylic acids is 1. The van der Waals surface area contributed by atoms with Crippen molar-refractivity contribution < 1.29 is 109 Å². The van der Waals surface area contributed by atoms with E-state index in [1.165, 1.54) is 20.8 Å². The zero-order valence-electron chi connectivity index (χ0n) is 30.8. The number of carbonyl (C=O) groups excluding carboxylic acids is 2. The molecule has 4 heterocycles. The summed E-state index contributed by atoms with van der Waals surface area (Å²) >= 11 is 0. The predicted molar refractivity (Wildman–Crippen MR) is 176 cm³/mol.